The largest absolute Gasteiger partial charge is 0.380 e. The number of hydrogen-bond donors (Lipinski definition) is 2. The van der Waals surface area contributed by atoms with Crippen LogP contribution in [-0.2, 0) is 4.79 Å². The standard InChI is InChI=1S/C22H21FN4O3/c23-16-5-6-17-18(13-16)25-19(24-17)14-1-3-15(4-2-14)20(28)26-9-11-27(12-10-26)21(29)22(30)7-8-22/h1-6,13,30H,7-12H2,(H,24,25). The molecule has 0 bridgehead atoms. The minimum Gasteiger partial charge on any atom is -0.380 e. The van der Waals surface area contributed by atoms with E-state index >= 15 is 0 Å². The van der Waals surface area contributed by atoms with Crippen LogP contribution in [0.15, 0.2) is 42.5 Å². The molecule has 0 atom stereocenters. The minimum absolute atomic E-state index is 0.0922. The van der Waals surface area contributed by atoms with Crippen molar-refractivity contribution in [3.8, 4) is 11.4 Å². The van der Waals surface area contributed by atoms with Crippen LogP contribution >= 0.6 is 0 Å². The Bertz CT molecular complexity index is 1130. The van der Waals surface area contributed by atoms with Crippen molar-refractivity contribution in [2.24, 2.45) is 0 Å². The van der Waals surface area contributed by atoms with Crippen LogP contribution in [0.5, 0.6) is 0 Å². The molecule has 2 N–H and O–H groups in total. The maximum absolute atomic E-state index is 13.4. The molecule has 1 saturated carbocycles. The Hall–Kier alpha value is -3.26. The number of aromatic amines is 1. The first-order chi connectivity index (χ1) is 14.4. The number of H-pyrrole nitrogens is 1. The van der Waals surface area contributed by atoms with E-state index in [1.165, 1.54) is 12.1 Å². The van der Waals surface area contributed by atoms with Gasteiger partial charge in [-0.05, 0) is 43.2 Å². The third-order valence-corrected chi connectivity index (χ3v) is 5.83. The number of benzene rings is 2. The van der Waals surface area contributed by atoms with E-state index in [4.69, 9.17) is 0 Å². The molecule has 2 amide bonds. The molecule has 30 heavy (non-hydrogen) atoms. The fourth-order valence-corrected chi connectivity index (χ4v) is 3.81. The second kappa shape index (κ2) is 6.91. The molecular formula is C22H21FN4O3. The number of nitrogens with one attached hydrogen (secondary N) is 1. The van der Waals surface area contributed by atoms with Crippen LogP contribution in [0, 0.1) is 5.82 Å². The normalized spacial score (nSPS) is 17.9. The van der Waals surface area contributed by atoms with E-state index in [1.807, 2.05) is 12.1 Å². The fraction of sp³-hybridized carbons (Fsp3) is 0.318. The van der Waals surface area contributed by atoms with Gasteiger partial charge in [-0.1, -0.05) is 12.1 Å². The summed E-state index contributed by atoms with van der Waals surface area (Å²) in [5.74, 6) is -0.0263. The van der Waals surface area contributed by atoms with Gasteiger partial charge in [0.05, 0.1) is 11.0 Å². The molecule has 8 heteroatoms. The minimum atomic E-state index is -1.16. The SMILES string of the molecule is O=C(c1ccc(-c2nc3ccc(F)cc3[nH]2)cc1)N1CCN(C(=O)C2(O)CC2)CC1. The molecule has 154 valence electrons. The van der Waals surface area contributed by atoms with Crippen LogP contribution in [0.1, 0.15) is 23.2 Å². The topological polar surface area (TPSA) is 89.5 Å². The number of piperazine rings is 1. The Morgan fingerprint density at radius 1 is 1.00 bits per heavy atom. The van der Waals surface area contributed by atoms with Gasteiger partial charge in [0.25, 0.3) is 11.8 Å². The highest BCUT2D eigenvalue weighted by atomic mass is 19.1. The maximum Gasteiger partial charge on any atom is 0.254 e. The average Bonchev–Trinajstić information content (AvgIpc) is 3.38. The molecule has 5 rings (SSSR count). The zero-order valence-electron chi connectivity index (χ0n) is 16.3. The predicted octanol–water partition coefficient (Wildman–Crippen LogP) is 2.18. The third kappa shape index (κ3) is 3.33. The van der Waals surface area contributed by atoms with Crippen molar-refractivity contribution < 1.29 is 19.1 Å². The molecule has 1 aliphatic carbocycles. The first-order valence-electron chi connectivity index (χ1n) is 10.00. The molecule has 2 aliphatic rings. The molecule has 0 unspecified atom stereocenters. The van der Waals surface area contributed by atoms with E-state index < -0.39 is 5.60 Å². The van der Waals surface area contributed by atoms with E-state index in [0.29, 0.717) is 61.4 Å². The highest BCUT2D eigenvalue weighted by Crippen LogP contribution is 2.37. The van der Waals surface area contributed by atoms with Crippen molar-refractivity contribution in [2.45, 2.75) is 18.4 Å². The van der Waals surface area contributed by atoms with E-state index in [0.717, 1.165) is 5.56 Å². The maximum atomic E-state index is 13.4. The van der Waals surface area contributed by atoms with Crippen molar-refractivity contribution in [1.82, 2.24) is 19.8 Å². The molecule has 2 aromatic carbocycles. The van der Waals surface area contributed by atoms with Crippen molar-refractivity contribution in [2.75, 3.05) is 26.2 Å². The van der Waals surface area contributed by atoms with Gasteiger partial charge < -0.3 is 19.9 Å². The predicted molar refractivity (Wildman–Crippen MR) is 108 cm³/mol. The molecule has 0 spiro atoms. The zero-order valence-corrected chi connectivity index (χ0v) is 16.3. The molecule has 1 saturated heterocycles. The summed E-state index contributed by atoms with van der Waals surface area (Å²) in [7, 11) is 0. The lowest BCUT2D eigenvalue weighted by atomic mass is 10.1. The Morgan fingerprint density at radius 3 is 2.33 bits per heavy atom. The molecule has 0 radical (unpaired) electrons. The van der Waals surface area contributed by atoms with Gasteiger partial charge >= 0.3 is 0 Å². The summed E-state index contributed by atoms with van der Waals surface area (Å²) < 4.78 is 13.4. The van der Waals surface area contributed by atoms with Crippen LogP contribution in [0.25, 0.3) is 22.4 Å². The number of amides is 2. The van der Waals surface area contributed by atoms with Crippen molar-refractivity contribution in [3.63, 3.8) is 0 Å². The number of rotatable bonds is 3. The molecule has 7 nitrogen and oxygen atoms in total. The monoisotopic (exact) mass is 408 g/mol. The van der Waals surface area contributed by atoms with E-state index in [1.54, 1.807) is 28.0 Å². The average molecular weight is 408 g/mol. The van der Waals surface area contributed by atoms with Gasteiger partial charge in [-0.25, -0.2) is 9.37 Å². The van der Waals surface area contributed by atoms with Crippen LogP contribution in [0.2, 0.25) is 0 Å². The Morgan fingerprint density at radius 2 is 1.67 bits per heavy atom. The van der Waals surface area contributed by atoms with E-state index in [9.17, 15) is 19.1 Å². The number of aromatic nitrogens is 2. The summed E-state index contributed by atoms with van der Waals surface area (Å²) in [5, 5.41) is 9.98. The summed E-state index contributed by atoms with van der Waals surface area (Å²) in [6.07, 6.45) is 1.05. The molecular weight excluding hydrogens is 387 g/mol. The number of aliphatic hydroxyl groups is 1. The smallest absolute Gasteiger partial charge is 0.254 e. The lowest BCUT2D eigenvalue weighted by Crippen LogP contribution is -2.53. The van der Waals surface area contributed by atoms with Crippen molar-refractivity contribution in [3.05, 3.63) is 53.8 Å². The first-order valence-corrected chi connectivity index (χ1v) is 10.00. The fourth-order valence-electron chi connectivity index (χ4n) is 3.81. The highest BCUT2D eigenvalue weighted by molar-refractivity contribution is 5.95. The summed E-state index contributed by atoms with van der Waals surface area (Å²) in [4.78, 5) is 36.0. The zero-order chi connectivity index (χ0) is 20.9. The summed E-state index contributed by atoms with van der Waals surface area (Å²) in [5.41, 5.74) is 1.49. The number of carbonyl (C=O) groups is 2. The lowest BCUT2D eigenvalue weighted by molar-refractivity contribution is -0.143. The van der Waals surface area contributed by atoms with Gasteiger partial charge in [0, 0.05) is 37.3 Å². The third-order valence-electron chi connectivity index (χ3n) is 5.83. The van der Waals surface area contributed by atoms with Gasteiger partial charge in [0.15, 0.2) is 0 Å². The van der Waals surface area contributed by atoms with Crippen molar-refractivity contribution in [1.29, 1.82) is 0 Å². The molecule has 3 aromatic rings. The summed E-state index contributed by atoms with van der Waals surface area (Å²) >= 11 is 0. The number of fused-ring (bicyclic) bond motifs is 1. The second-order valence-corrected chi connectivity index (χ2v) is 7.94. The Balaban J connectivity index is 1.26. The molecule has 1 aromatic heterocycles. The number of carbonyl (C=O) groups excluding carboxylic acids is 2. The number of imidazole rings is 1. The van der Waals surface area contributed by atoms with Gasteiger partial charge in [0.2, 0.25) is 0 Å². The highest BCUT2D eigenvalue weighted by Gasteiger charge is 2.50. The van der Waals surface area contributed by atoms with Crippen LogP contribution in [0.4, 0.5) is 4.39 Å². The van der Waals surface area contributed by atoms with E-state index in [2.05, 4.69) is 9.97 Å². The van der Waals surface area contributed by atoms with Gasteiger partial charge in [-0.3, -0.25) is 9.59 Å². The molecule has 2 heterocycles. The first kappa shape index (κ1) is 18.7. The van der Waals surface area contributed by atoms with Gasteiger partial charge in [-0.15, -0.1) is 0 Å². The Labute approximate surface area is 172 Å². The second-order valence-electron chi connectivity index (χ2n) is 7.94. The van der Waals surface area contributed by atoms with Gasteiger partial charge in [-0.2, -0.15) is 0 Å². The lowest BCUT2D eigenvalue weighted by Gasteiger charge is -2.35. The van der Waals surface area contributed by atoms with Crippen molar-refractivity contribution >= 4 is 22.8 Å². The Kier molecular flexibility index (Phi) is 4.32. The van der Waals surface area contributed by atoms with E-state index in [-0.39, 0.29) is 17.6 Å². The number of halogens is 1. The molecule has 1 aliphatic heterocycles. The van der Waals surface area contributed by atoms with Crippen LogP contribution in [-0.4, -0.2) is 68.5 Å². The van der Waals surface area contributed by atoms with Crippen LogP contribution in [0.3, 0.4) is 0 Å². The summed E-state index contributed by atoms with van der Waals surface area (Å²) in [6.45, 7) is 1.75. The molecule has 2 fully saturated rings. The van der Waals surface area contributed by atoms with Crippen LogP contribution < -0.4 is 0 Å². The van der Waals surface area contributed by atoms with Gasteiger partial charge in [0.1, 0.15) is 17.2 Å². The quantitative estimate of drug-likeness (QED) is 0.695. The number of nitrogens with zero attached hydrogens (tertiary/aromatic N) is 3. The number of hydrogen-bond acceptors (Lipinski definition) is 4. The summed E-state index contributed by atoms with van der Waals surface area (Å²) in [6, 6.07) is 11.5.